The summed E-state index contributed by atoms with van der Waals surface area (Å²) in [6.07, 6.45) is 6.42. The zero-order valence-electron chi connectivity index (χ0n) is 15.5. The van der Waals surface area contributed by atoms with Crippen LogP contribution in [0.3, 0.4) is 0 Å². The molecule has 6 nitrogen and oxygen atoms in total. The number of ether oxygens (including phenoxy) is 1. The highest BCUT2D eigenvalue weighted by atomic mass is 16.7. The highest BCUT2D eigenvalue weighted by Crippen LogP contribution is 2.36. The number of aryl methyl sites for hydroxylation is 2. The molecule has 138 valence electrons. The smallest absolute Gasteiger partial charge is 0.339 e. The lowest BCUT2D eigenvalue weighted by Gasteiger charge is -2.37. The standard InChI is InChI=1S/C20H25N3O3/c1-3-23-19(24)17(26-20(23)21-25-4-2)13-14-11-15-7-5-9-22-10-6-8-16(12-14)18(15)22/h11-13H,3-10H2,1-2H3/b17-13+,21-20?. The van der Waals surface area contributed by atoms with Gasteiger partial charge in [0.1, 0.15) is 6.61 Å². The molecular weight excluding hydrogens is 330 g/mol. The SMILES string of the molecule is CCON=C1O/C(=C/c2cc3c4c(c2)CCCN4CCC3)C(=O)N1CC. The molecule has 3 aliphatic rings. The second kappa shape index (κ2) is 7.02. The maximum absolute atomic E-state index is 12.6. The Balaban J connectivity index is 1.67. The molecular formula is C20H25N3O3. The molecule has 6 heteroatoms. The van der Waals surface area contributed by atoms with E-state index in [4.69, 9.17) is 9.57 Å². The van der Waals surface area contributed by atoms with Gasteiger partial charge in [-0.1, -0.05) is 0 Å². The largest absolute Gasteiger partial charge is 0.418 e. The van der Waals surface area contributed by atoms with E-state index >= 15 is 0 Å². The summed E-state index contributed by atoms with van der Waals surface area (Å²) in [5.41, 5.74) is 5.24. The van der Waals surface area contributed by atoms with Crippen LogP contribution in [0.5, 0.6) is 0 Å². The summed E-state index contributed by atoms with van der Waals surface area (Å²) in [5, 5.41) is 3.91. The van der Waals surface area contributed by atoms with E-state index in [2.05, 4.69) is 22.2 Å². The first-order chi connectivity index (χ1) is 12.7. The molecule has 0 aliphatic carbocycles. The second-order valence-electron chi connectivity index (χ2n) is 6.83. The summed E-state index contributed by atoms with van der Waals surface area (Å²) in [4.78, 5) is 21.7. The third-order valence-electron chi connectivity index (χ3n) is 5.13. The Hall–Kier alpha value is -2.50. The van der Waals surface area contributed by atoms with E-state index in [0.717, 1.165) is 31.5 Å². The first-order valence-electron chi connectivity index (χ1n) is 9.53. The minimum atomic E-state index is -0.168. The van der Waals surface area contributed by atoms with Crippen molar-refractivity contribution in [2.24, 2.45) is 5.16 Å². The lowest BCUT2D eigenvalue weighted by atomic mass is 9.90. The minimum absolute atomic E-state index is 0.168. The molecule has 3 heterocycles. The Kier molecular flexibility index (Phi) is 4.57. The van der Waals surface area contributed by atoms with E-state index in [9.17, 15) is 4.79 Å². The van der Waals surface area contributed by atoms with Gasteiger partial charge in [0.05, 0.1) is 0 Å². The number of rotatable bonds is 4. The van der Waals surface area contributed by atoms with Gasteiger partial charge in [0.25, 0.3) is 5.91 Å². The maximum atomic E-state index is 12.6. The van der Waals surface area contributed by atoms with Crippen LogP contribution in [0.2, 0.25) is 0 Å². The van der Waals surface area contributed by atoms with Crippen molar-refractivity contribution in [2.75, 3.05) is 31.1 Å². The molecule has 0 bridgehead atoms. The fraction of sp³-hybridized carbons (Fsp3) is 0.500. The van der Waals surface area contributed by atoms with Gasteiger partial charge in [0.15, 0.2) is 5.76 Å². The van der Waals surface area contributed by atoms with Gasteiger partial charge < -0.3 is 14.5 Å². The number of carbonyl (C=O) groups is 1. The quantitative estimate of drug-likeness (QED) is 0.616. The predicted molar refractivity (Wildman–Crippen MR) is 101 cm³/mol. The van der Waals surface area contributed by atoms with Crippen molar-refractivity contribution in [3.63, 3.8) is 0 Å². The van der Waals surface area contributed by atoms with Crippen LogP contribution in [0.1, 0.15) is 43.4 Å². The van der Waals surface area contributed by atoms with Crippen LogP contribution in [0.25, 0.3) is 6.08 Å². The number of oxime groups is 1. The zero-order chi connectivity index (χ0) is 18.1. The van der Waals surface area contributed by atoms with Crippen molar-refractivity contribution in [2.45, 2.75) is 39.5 Å². The Labute approximate surface area is 154 Å². The summed E-state index contributed by atoms with van der Waals surface area (Å²) < 4.78 is 5.69. The fourth-order valence-corrected chi connectivity index (χ4v) is 4.04. The van der Waals surface area contributed by atoms with Gasteiger partial charge in [-0.3, -0.25) is 9.69 Å². The first kappa shape index (κ1) is 16.9. The number of nitrogens with zero attached hydrogens (tertiary/aromatic N) is 3. The van der Waals surface area contributed by atoms with Crippen LogP contribution in [-0.2, 0) is 27.2 Å². The summed E-state index contributed by atoms with van der Waals surface area (Å²) in [7, 11) is 0. The second-order valence-corrected chi connectivity index (χ2v) is 6.83. The first-order valence-corrected chi connectivity index (χ1v) is 9.53. The van der Waals surface area contributed by atoms with Crippen LogP contribution < -0.4 is 4.90 Å². The van der Waals surface area contributed by atoms with Gasteiger partial charge in [-0.15, -0.1) is 0 Å². The Bertz CT molecular complexity index is 754. The van der Waals surface area contributed by atoms with Crippen LogP contribution in [-0.4, -0.2) is 43.1 Å². The van der Waals surface area contributed by atoms with E-state index in [1.54, 1.807) is 0 Å². The molecule has 1 aromatic carbocycles. The minimum Gasteiger partial charge on any atom is -0.418 e. The lowest BCUT2D eigenvalue weighted by molar-refractivity contribution is -0.122. The number of carbonyl (C=O) groups excluding carboxylic acids is 1. The van der Waals surface area contributed by atoms with Gasteiger partial charge in [0, 0.05) is 25.3 Å². The summed E-state index contributed by atoms with van der Waals surface area (Å²) in [6.45, 7) is 6.98. The molecule has 1 amide bonds. The number of likely N-dealkylation sites (N-methyl/N-ethyl adjacent to an activating group) is 1. The number of anilines is 1. The monoisotopic (exact) mass is 355 g/mol. The van der Waals surface area contributed by atoms with E-state index in [-0.39, 0.29) is 11.9 Å². The van der Waals surface area contributed by atoms with Crippen molar-refractivity contribution in [3.05, 3.63) is 34.6 Å². The fourth-order valence-electron chi connectivity index (χ4n) is 4.04. The van der Waals surface area contributed by atoms with E-state index < -0.39 is 0 Å². The Morgan fingerprint density at radius 1 is 1.19 bits per heavy atom. The maximum Gasteiger partial charge on any atom is 0.339 e. The number of amidine groups is 1. The topological polar surface area (TPSA) is 54.4 Å². The summed E-state index contributed by atoms with van der Waals surface area (Å²) >= 11 is 0. The molecule has 0 N–H and O–H groups in total. The summed E-state index contributed by atoms with van der Waals surface area (Å²) in [6, 6.07) is 4.62. The Morgan fingerprint density at radius 3 is 2.50 bits per heavy atom. The molecule has 0 saturated carbocycles. The third kappa shape index (κ3) is 2.93. The zero-order valence-corrected chi connectivity index (χ0v) is 15.5. The van der Waals surface area contributed by atoms with Gasteiger partial charge in [-0.05, 0) is 79.6 Å². The molecule has 4 rings (SSSR count). The lowest BCUT2D eigenvalue weighted by Crippen LogP contribution is -2.34. The van der Waals surface area contributed by atoms with Crippen molar-refractivity contribution in [3.8, 4) is 0 Å². The van der Waals surface area contributed by atoms with Crippen molar-refractivity contribution in [1.82, 2.24) is 4.90 Å². The van der Waals surface area contributed by atoms with Gasteiger partial charge >= 0.3 is 6.02 Å². The normalized spacial score (nSPS) is 22.0. The number of benzene rings is 1. The number of amides is 1. The highest BCUT2D eigenvalue weighted by molar-refractivity contribution is 6.11. The van der Waals surface area contributed by atoms with Gasteiger partial charge in [-0.25, -0.2) is 0 Å². The molecule has 1 aromatic rings. The predicted octanol–water partition coefficient (Wildman–Crippen LogP) is 2.91. The average molecular weight is 355 g/mol. The Morgan fingerprint density at radius 2 is 1.88 bits per heavy atom. The molecule has 0 atom stereocenters. The van der Waals surface area contributed by atoms with Crippen molar-refractivity contribution < 1.29 is 14.4 Å². The van der Waals surface area contributed by atoms with Crippen molar-refractivity contribution in [1.29, 1.82) is 0 Å². The van der Waals surface area contributed by atoms with Crippen LogP contribution in [0.15, 0.2) is 23.0 Å². The van der Waals surface area contributed by atoms with Crippen molar-refractivity contribution >= 4 is 23.7 Å². The van der Waals surface area contributed by atoms with Crippen LogP contribution >= 0.6 is 0 Å². The number of hydrogen-bond acceptors (Lipinski definition) is 5. The van der Waals surface area contributed by atoms with E-state index in [1.165, 1.54) is 34.6 Å². The molecule has 1 saturated heterocycles. The molecule has 0 radical (unpaired) electrons. The van der Waals surface area contributed by atoms with Crippen LogP contribution in [0, 0.1) is 0 Å². The molecule has 0 aromatic heterocycles. The van der Waals surface area contributed by atoms with Crippen LogP contribution in [0.4, 0.5) is 5.69 Å². The highest BCUT2D eigenvalue weighted by Gasteiger charge is 2.34. The number of hydrogen-bond donors (Lipinski definition) is 0. The molecule has 0 spiro atoms. The van der Waals surface area contributed by atoms with Gasteiger partial charge in [0.2, 0.25) is 0 Å². The molecule has 26 heavy (non-hydrogen) atoms. The third-order valence-corrected chi connectivity index (χ3v) is 5.13. The molecule has 0 unspecified atom stereocenters. The molecule has 3 aliphatic heterocycles. The molecule has 1 fully saturated rings. The van der Waals surface area contributed by atoms with E-state index in [0.29, 0.717) is 18.9 Å². The average Bonchev–Trinajstić information content (AvgIpc) is 2.95. The van der Waals surface area contributed by atoms with E-state index in [1.807, 2.05) is 19.9 Å². The summed E-state index contributed by atoms with van der Waals surface area (Å²) in [5.74, 6) is 0.139. The van der Waals surface area contributed by atoms with Gasteiger partial charge in [-0.2, -0.15) is 0 Å².